The third kappa shape index (κ3) is 1.33. The van der Waals surface area contributed by atoms with Crippen LogP contribution in [0.1, 0.15) is 22.3 Å². The number of thiophene rings is 1. The standard InChI is InChI=1S/C9H9NO2S/c1-2-5-3-6-8(13-5)4-7(10-6)9(11)12/h3-4,10H,2H2,1H3,(H,11,12). The molecule has 2 N–H and O–H groups in total. The Bertz CT molecular complexity index is 424. The minimum atomic E-state index is -0.901. The van der Waals surface area contributed by atoms with Gasteiger partial charge in [0.2, 0.25) is 0 Å². The molecule has 0 atom stereocenters. The normalized spacial score (nSPS) is 10.8. The summed E-state index contributed by atoms with van der Waals surface area (Å²) in [5.74, 6) is -0.901. The zero-order chi connectivity index (χ0) is 9.42. The molecule has 68 valence electrons. The number of hydrogen-bond donors (Lipinski definition) is 2. The van der Waals surface area contributed by atoms with Crippen molar-refractivity contribution >= 4 is 27.5 Å². The molecule has 2 aromatic rings. The van der Waals surface area contributed by atoms with Gasteiger partial charge in [-0.2, -0.15) is 0 Å². The predicted molar refractivity (Wildman–Crippen MR) is 52.5 cm³/mol. The number of nitrogens with one attached hydrogen (secondary N) is 1. The van der Waals surface area contributed by atoms with Crippen molar-refractivity contribution in [3.63, 3.8) is 0 Å². The molecule has 0 aromatic carbocycles. The molecule has 3 nitrogen and oxygen atoms in total. The van der Waals surface area contributed by atoms with Crippen LogP contribution in [0.4, 0.5) is 0 Å². The molecule has 0 saturated carbocycles. The average Bonchev–Trinajstić information content (AvgIpc) is 2.58. The van der Waals surface area contributed by atoms with Gasteiger partial charge >= 0.3 is 5.97 Å². The van der Waals surface area contributed by atoms with Crippen molar-refractivity contribution in [1.82, 2.24) is 4.98 Å². The van der Waals surface area contributed by atoms with Gasteiger partial charge in [-0.15, -0.1) is 11.3 Å². The minimum Gasteiger partial charge on any atom is -0.477 e. The summed E-state index contributed by atoms with van der Waals surface area (Å²) in [6.07, 6.45) is 0.996. The Kier molecular flexibility index (Phi) is 1.84. The van der Waals surface area contributed by atoms with Gasteiger partial charge < -0.3 is 10.1 Å². The summed E-state index contributed by atoms with van der Waals surface area (Å²) in [5.41, 5.74) is 1.20. The highest BCUT2D eigenvalue weighted by molar-refractivity contribution is 7.19. The Balaban J connectivity index is 2.54. The van der Waals surface area contributed by atoms with Crippen LogP contribution in [0, 0.1) is 0 Å². The summed E-state index contributed by atoms with van der Waals surface area (Å²) < 4.78 is 1.02. The van der Waals surface area contributed by atoms with E-state index in [4.69, 9.17) is 5.11 Å². The highest BCUT2D eigenvalue weighted by Gasteiger charge is 2.09. The van der Waals surface area contributed by atoms with E-state index in [0.29, 0.717) is 0 Å². The topological polar surface area (TPSA) is 53.1 Å². The fourth-order valence-corrected chi connectivity index (χ4v) is 2.26. The second-order valence-corrected chi connectivity index (χ2v) is 4.00. The lowest BCUT2D eigenvalue weighted by Crippen LogP contribution is -1.94. The third-order valence-corrected chi connectivity index (χ3v) is 3.16. The number of carbonyl (C=O) groups is 1. The lowest BCUT2D eigenvalue weighted by molar-refractivity contribution is 0.0691. The Hall–Kier alpha value is -1.29. The largest absolute Gasteiger partial charge is 0.477 e. The maximum atomic E-state index is 10.6. The van der Waals surface area contributed by atoms with E-state index in [1.807, 2.05) is 6.07 Å². The summed E-state index contributed by atoms with van der Waals surface area (Å²) in [7, 11) is 0. The van der Waals surface area contributed by atoms with Crippen LogP contribution in [0.5, 0.6) is 0 Å². The molecule has 0 spiro atoms. The fourth-order valence-electron chi connectivity index (χ4n) is 1.26. The summed E-state index contributed by atoms with van der Waals surface area (Å²) in [5, 5.41) is 8.70. The molecule has 2 heterocycles. The lowest BCUT2D eigenvalue weighted by Gasteiger charge is -1.85. The second kappa shape index (κ2) is 2.88. The van der Waals surface area contributed by atoms with E-state index in [1.54, 1.807) is 17.4 Å². The van der Waals surface area contributed by atoms with Crippen LogP contribution in [0.15, 0.2) is 12.1 Å². The molecule has 0 aliphatic heterocycles. The number of carboxylic acid groups (broad SMARTS) is 1. The lowest BCUT2D eigenvalue weighted by atomic mass is 10.4. The first kappa shape index (κ1) is 8.31. The molecule has 0 amide bonds. The van der Waals surface area contributed by atoms with Crippen molar-refractivity contribution in [3.05, 3.63) is 22.7 Å². The molecule has 0 radical (unpaired) electrons. The molecular formula is C9H9NO2S. The van der Waals surface area contributed by atoms with E-state index >= 15 is 0 Å². The summed E-state index contributed by atoms with van der Waals surface area (Å²) in [6, 6.07) is 3.69. The highest BCUT2D eigenvalue weighted by Crippen LogP contribution is 2.26. The van der Waals surface area contributed by atoms with Crippen molar-refractivity contribution in [3.8, 4) is 0 Å². The Morgan fingerprint density at radius 1 is 1.62 bits per heavy atom. The SMILES string of the molecule is CCc1cc2[nH]c(C(=O)O)cc2s1. The number of aromatic amines is 1. The van der Waals surface area contributed by atoms with Gasteiger partial charge in [0.05, 0.1) is 10.2 Å². The van der Waals surface area contributed by atoms with Crippen molar-refractivity contribution in [2.75, 3.05) is 0 Å². The Labute approximate surface area is 79.0 Å². The number of aryl methyl sites for hydroxylation is 1. The summed E-state index contributed by atoms with van der Waals surface area (Å²) >= 11 is 1.64. The molecule has 0 saturated heterocycles. The van der Waals surface area contributed by atoms with Gasteiger partial charge in [-0.05, 0) is 18.6 Å². The van der Waals surface area contributed by atoms with Gasteiger partial charge in [-0.25, -0.2) is 4.79 Å². The monoisotopic (exact) mass is 195 g/mol. The Morgan fingerprint density at radius 3 is 2.92 bits per heavy atom. The molecule has 4 heteroatoms. The minimum absolute atomic E-state index is 0.268. The first-order valence-electron chi connectivity index (χ1n) is 4.05. The molecule has 2 rings (SSSR count). The third-order valence-electron chi connectivity index (χ3n) is 1.94. The second-order valence-electron chi connectivity index (χ2n) is 2.83. The molecule has 0 aliphatic rings. The van der Waals surface area contributed by atoms with Gasteiger partial charge in [0.1, 0.15) is 5.69 Å². The van der Waals surface area contributed by atoms with Crippen LogP contribution < -0.4 is 0 Å². The maximum absolute atomic E-state index is 10.6. The zero-order valence-corrected chi connectivity index (χ0v) is 7.94. The molecule has 13 heavy (non-hydrogen) atoms. The molecule has 2 aromatic heterocycles. The van der Waals surface area contributed by atoms with Crippen molar-refractivity contribution in [1.29, 1.82) is 0 Å². The summed E-state index contributed by atoms with van der Waals surface area (Å²) in [6.45, 7) is 2.09. The van der Waals surface area contributed by atoms with Crippen LogP contribution in [-0.2, 0) is 6.42 Å². The first-order chi connectivity index (χ1) is 6.20. The number of carboxylic acids is 1. The predicted octanol–water partition coefficient (Wildman–Crippen LogP) is 2.49. The number of aromatic nitrogens is 1. The molecule has 0 bridgehead atoms. The number of fused-ring (bicyclic) bond motifs is 1. The number of aromatic carboxylic acids is 1. The van der Waals surface area contributed by atoms with Gasteiger partial charge in [0.15, 0.2) is 0 Å². The van der Waals surface area contributed by atoms with E-state index in [-0.39, 0.29) is 5.69 Å². The first-order valence-corrected chi connectivity index (χ1v) is 4.87. The van der Waals surface area contributed by atoms with E-state index in [2.05, 4.69) is 11.9 Å². The number of H-pyrrole nitrogens is 1. The van der Waals surface area contributed by atoms with E-state index in [9.17, 15) is 4.79 Å². The van der Waals surface area contributed by atoms with Gasteiger partial charge in [0, 0.05) is 4.88 Å². The van der Waals surface area contributed by atoms with Crippen LogP contribution in [-0.4, -0.2) is 16.1 Å². The highest BCUT2D eigenvalue weighted by atomic mass is 32.1. The number of rotatable bonds is 2. The van der Waals surface area contributed by atoms with E-state index in [1.165, 1.54) is 4.88 Å². The van der Waals surface area contributed by atoms with Gasteiger partial charge in [-0.3, -0.25) is 0 Å². The van der Waals surface area contributed by atoms with Crippen molar-refractivity contribution < 1.29 is 9.90 Å². The molecule has 0 unspecified atom stereocenters. The molecule has 0 fully saturated rings. The van der Waals surface area contributed by atoms with Crippen LogP contribution >= 0.6 is 11.3 Å². The fraction of sp³-hybridized carbons (Fsp3) is 0.222. The molecule has 0 aliphatic carbocycles. The van der Waals surface area contributed by atoms with Gasteiger partial charge in [0.25, 0.3) is 0 Å². The zero-order valence-electron chi connectivity index (χ0n) is 7.13. The average molecular weight is 195 g/mol. The number of hydrogen-bond acceptors (Lipinski definition) is 2. The quantitative estimate of drug-likeness (QED) is 0.773. The molecular weight excluding hydrogens is 186 g/mol. The van der Waals surface area contributed by atoms with Crippen LogP contribution in [0.2, 0.25) is 0 Å². The van der Waals surface area contributed by atoms with Crippen LogP contribution in [0.25, 0.3) is 10.2 Å². The van der Waals surface area contributed by atoms with Gasteiger partial charge in [-0.1, -0.05) is 6.92 Å². The van der Waals surface area contributed by atoms with Crippen LogP contribution in [0.3, 0.4) is 0 Å². The van der Waals surface area contributed by atoms with Crippen molar-refractivity contribution in [2.24, 2.45) is 0 Å². The van der Waals surface area contributed by atoms with Crippen molar-refractivity contribution in [2.45, 2.75) is 13.3 Å². The summed E-state index contributed by atoms with van der Waals surface area (Å²) in [4.78, 5) is 14.7. The smallest absolute Gasteiger partial charge is 0.352 e. The van der Waals surface area contributed by atoms with E-state index < -0.39 is 5.97 Å². The van der Waals surface area contributed by atoms with E-state index in [0.717, 1.165) is 16.6 Å². The maximum Gasteiger partial charge on any atom is 0.352 e. The Morgan fingerprint density at radius 2 is 2.38 bits per heavy atom.